The summed E-state index contributed by atoms with van der Waals surface area (Å²) in [4.78, 5) is 30.6. The fraction of sp³-hybridized carbons (Fsp3) is 0.375. The first-order chi connectivity index (χ1) is 16.5. The Hall–Kier alpha value is -2.88. The number of aliphatic hydroxyl groups excluding tert-OH is 1. The Morgan fingerprint density at radius 2 is 2.15 bits per heavy atom. The van der Waals surface area contributed by atoms with Gasteiger partial charge >= 0.3 is 0 Å². The van der Waals surface area contributed by atoms with Gasteiger partial charge in [0.1, 0.15) is 15.7 Å². The lowest BCUT2D eigenvalue weighted by Gasteiger charge is -2.32. The number of pyridine rings is 2. The molecule has 1 saturated carbocycles. The fourth-order valence-corrected chi connectivity index (χ4v) is 5.47. The minimum absolute atomic E-state index is 0.0165. The molecule has 0 bridgehead atoms. The maximum atomic E-state index is 12.7. The van der Waals surface area contributed by atoms with Gasteiger partial charge < -0.3 is 15.0 Å². The van der Waals surface area contributed by atoms with Crippen molar-refractivity contribution in [1.82, 2.24) is 29.8 Å². The van der Waals surface area contributed by atoms with Gasteiger partial charge in [-0.2, -0.15) is 0 Å². The summed E-state index contributed by atoms with van der Waals surface area (Å²) in [6.07, 6.45) is 8.56. The number of imidazole rings is 1. The molecule has 34 heavy (non-hydrogen) atoms. The van der Waals surface area contributed by atoms with Crippen LogP contribution in [0.4, 0.5) is 0 Å². The molecule has 0 radical (unpaired) electrons. The van der Waals surface area contributed by atoms with Crippen LogP contribution in [0.1, 0.15) is 54.3 Å². The van der Waals surface area contributed by atoms with Gasteiger partial charge in [0.15, 0.2) is 5.01 Å². The van der Waals surface area contributed by atoms with Crippen molar-refractivity contribution in [2.24, 2.45) is 0 Å². The normalized spacial score (nSPS) is 19.3. The van der Waals surface area contributed by atoms with Gasteiger partial charge in [0, 0.05) is 24.7 Å². The van der Waals surface area contributed by atoms with Crippen molar-refractivity contribution in [3.63, 3.8) is 0 Å². The second-order valence-corrected chi connectivity index (χ2v) is 10.3. The lowest BCUT2D eigenvalue weighted by Crippen LogP contribution is -2.39. The molecule has 1 aliphatic carbocycles. The highest BCUT2D eigenvalue weighted by molar-refractivity contribution is 7.17. The van der Waals surface area contributed by atoms with Crippen LogP contribution in [0.25, 0.3) is 22.4 Å². The highest BCUT2D eigenvalue weighted by Gasteiger charge is 2.29. The van der Waals surface area contributed by atoms with Crippen LogP contribution in [0.15, 0.2) is 42.9 Å². The van der Waals surface area contributed by atoms with E-state index in [-0.39, 0.29) is 18.0 Å². The molecular formula is C24H25ClN6O2S. The number of hydrogen-bond acceptors (Lipinski definition) is 7. The number of carbonyl (C=O) groups excluding carboxylic acids is 1. The number of halogens is 1. The van der Waals surface area contributed by atoms with E-state index in [0.717, 1.165) is 53.9 Å². The number of hydrogen-bond donors (Lipinski definition) is 2. The van der Waals surface area contributed by atoms with Gasteiger partial charge in [-0.15, -0.1) is 0 Å². The van der Waals surface area contributed by atoms with E-state index in [1.807, 2.05) is 24.3 Å². The van der Waals surface area contributed by atoms with E-state index in [2.05, 4.69) is 24.8 Å². The Kier molecular flexibility index (Phi) is 6.58. The van der Waals surface area contributed by atoms with E-state index in [1.165, 1.54) is 17.5 Å². The molecule has 5 rings (SSSR count). The molecule has 3 atom stereocenters. The summed E-state index contributed by atoms with van der Waals surface area (Å²) in [5.41, 5.74) is 3.33. The quantitative estimate of drug-likeness (QED) is 0.408. The van der Waals surface area contributed by atoms with Gasteiger partial charge in [0.05, 0.1) is 35.4 Å². The van der Waals surface area contributed by atoms with Gasteiger partial charge in [0.2, 0.25) is 0 Å². The molecule has 4 heterocycles. The summed E-state index contributed by atoms with van der Waals surface area (Å²) in [6.45, 7) is 1.77. The first-order valence-electron chi connectivity index (χ1n) is 11.4. The van der Waals surface area contributed by atoms with E-state index in [0.29, 0.717) is 15.8 Å². The molecule has 176 valence electrons. The van der Waals surface area contributed by atoms with Crippen molar-refractivity contribution >= 4 is 39.9 Å². The molecule has 4 aromatic rings. The molecule has 8 nitrogen and oxygen atoms in total. The number of carbonyl (C=O) groups is 1. The summed E-state index contributed by atoms with van der Waals surface area (Å²) >= 11 is 7.13. The number of aliphatic hydroxyl groups is 1. The van der Waals surface area contributed by atoms with Crippen molar-refractivity contribution in [2.75, 3.05) is 0 Å². The van der Waals surface area contributed by atoms with E-state index in [9.17, 15) is 9.90 Å². The summed E-state index contributed by atoms with van der Waals surface area (Å²) in [5.74, 6) is 0.637. The first kappa shape index (κ1) is 22.9. The molecule has 10 heteroatoms. The maximum Gasteiger partial charge on any atom is 0.280 e. The van der Waals surface area contributed by atoms with Gasteiger partial charge in [-0.25, -0.2) is 9.97 Å². The Balaban J connectivity index is 1.47. The van der Waals surface area contributed by atoms with Crippen molar-refractivity contribution in [3.8, 4) is 11.4 Å². The van der Waals surface area contributed by atoms with Gasteiger partial charge in [-0.3, -0.25) is 14.8 Å². The number of thiazole rings is 1. The number of amides is 1. The molecule has 0 saturated heterocycles. The van der Waals surface area contributed by atoms with Crippen LogP contribution in [0.2, 0.25) is 4.34 Å². The Bertz CT molecular complexity index is 1310. The first-order valence-corrected chi connectivity index (χ1v) is 12.6. The number of aromatic nitrogens is 5. The molecule has 1 amide bonds. The summed E-state index contributed by atoms with van der Waals surface area (Å²) < 4.78 is 2.73. The molecular weight excluding hydrogens is 472 g/mol. The third-order valence-electron chi connectivity index (χ3n) is 6.07. The SMILES string of the molecule is CC(O)Cc1nc2cnc(-c3ccccn3)cc2n1[C@@H]1CCC[C@H](NC(=O)c2ncc(Cl)s2)C1. The standard InChI is InChI=1S/C24H25ClN6O2S/c1-14(32)9-22-30-19-12-27-18(17-7-2-3-8-26-17)11-20(19)31(22)16-6-4-5-15(10-16)29-23(33)24-28-13-21(25)34-24/h2-3,7-8,11-16,32H,4-6,9-10H2,1H3,(H,29,33)/t14?,15-,16+/m0/s1. The summed E-state index contributed by atoms with van der Waals surface area (Å²) in [5, 5.41) is 13.6. The number of fused-ring (bicyclic) bond motifs is 1. The Labute approximate surface area is 206 Å². The van der Waals surface area contributed by atoms with E-state index >= 15 is 0 Å². The van der Waals surface area contributed by atoms with Crippen molar-refractivity contribution in [3.05, 3.63) is 58.0 Å². The van der Waals surface area contributed by atoms with Crippen LogP contribution in [0, 0.1) is 0 Å². The smallest absolute Gasteiger partial charge is 0.280 e. The minimum atomic E-state index is -0.521. The predicted octanol–water partition coefficient (Wildman–Crippen LogP) is 4.44. The van der Waals surface area contributed by atoms with E-state index in [1.54, 1.807) is 19.3 Å². The average molecular weight is 497 g/mol. The van der Waals surface area contributed by atoms with Gasteiger partial charge in [-0.05, 0) is 50.8 Å². The molecule has 0 aliphatic heterocycles. The highest BCUT2D eigenvalue weighted by Crippen LogP contribution is 2.34. The summed E-state index contributed by atoms with van der Waals surface area (Å²) in [7, 11) is 0. The monoisotopic (exact) mass is 496 g/mol. The molecule has 0 aromatic carbocycles. The van der Waals surface area contributed by atoms with Gasteiger partial charge in [0.25, 0.3) is 5.91 Å². The van der Waals surface area contributed by atoms with Gasteiger partial charge in [-0.1, -0.05) is 29.0 Å². The number of nitrogens with zero attached hydrogens (tertiary/aromatic N) is 5. The van der Waals surface area contributed by atoms with E-state index in [4.69, 9.17) is 16.6 Å². The topological polar surface area (TPSA) is 106 Å². The maximum absolute atomic E-state index is 12.7. The van der Waals surface area contributed by atoms with E-state index < -0.39 is 6.10 Å². The van der Waals surface area contributed by atoms with Crippen molar-refractivity contribution in [2.45, 2.75) is 57.2 Å². The van der Waals surface area contributed by atoms with Crippen molar-refractivity contribution in [1.29, 1.82) is 0 Å². The highest BCUT2D eigenvalue weighted by atomic mass is 35.5. The van der Waals surface area contributed by atoms with Crippen LogP contribution in [0.3, 0.4) is 0 Å². The number of nitrogens with one attached hydrogen (secondary N) is 1. The number of rotatable bonds is 6. The largest absolute Gasteiger partial charge is 0.393 e. The van der Waals surface area contributed by atoms with Crippen LogP contribution in [-0.4, -0.2) is 47.7 Å². The third-order valence-corrected chi connectivity index (χ3v) is 7.19. The second-order valence-electron chi connectivity index (χ2n) is 8.68. The lowest BCUT2D eigenvalue weighted by molar-refractivity contribution is 0.0920. The molecule has 1 aliphatic rings. The van der Waals surface area contributed by atoms with Crippen LogP contribution in [-0.2, 0) is 6.42 Å². The molecule has 0 spiro atoms. The van der Waals surface area contributed by atoms with Crippen LogP contribution in [0.5, 0.6) is 0 Å². The zero-order chi connectivity index (χ0) is 23.7. The second kappa shape index (κ2) is 9.77. The predicted molar refractivity (Wildman–Crippen MR) is 132 cm³/mol. The summed E-state index contributed by atoms with van der Waals surface area (Å²) in [6, 6.07) is 7.93. The third kappa shape index (κ3) is 4.82. The minimum Gasteiger partial charge on any atom is -0.393 e. The zero-order valence-electron chi connectivity index (χ0n) is 18.7. The van der Waals surface area contributed by atoms with Crippen molar-refractivity contribution < 1.29 is 9.90 Å². The van der Waals surface area contributed by atoms with Crippen LogP contribution >= 0.6 is 22.9 Å². The molecule has 1 fully saturated rings. The zero-order valence-corrected chi connectivity index (χ0v) is 20.3. The Morgan fingerprint density at radius 1 is 1.26 bits per heavy atom. The molecule has 4 aromatic heterocycles. The molecule has 2 N–H and O–H groups in total. The fourth-order valence-electron chi connectivity index (χ4n) is 4.65. The lowest BCUT2D eigenvalue weighted by atomic mass is 9.90. The molecule has 1 unspecified atom stereocenters. The Morgan fingerprint density at radius 3 is 2.88 bits per heavy atom. The van der Waals surface area contributed by atoms with Crippen LogP contribution < -0.4 is 5.32 Å². The average Bonchev–Trinajstić information content (AvgIpc) is 3.42.